The van der Waals surface area contributed by atoms with Crippen LogP contribution in [0.1, 0.15) is 25.7 Å². The Bertz CT molecular complexity index is 295. The zero-order chi connectivity index (χ0) is 15.8. The second-order valence-corrected chi connectivity index (χ2v) is 6.84. The van der Waals surface area contributed by atoms with Gasteiger partial charge in [0.2, 0.25) is 0 Å². The number of nitrogens with zero attached hydrogens (tertiary/aromatic N) is 2. The van der Waals surface area contributed by atoms with Crippen LogP contribution >= 0.6 is 0 Å². The summed E-state index contributed by atoms with van der Waals surface area (Å²) in [6, 6.07) is 0. The van der Waals surface area contributed by atoms with Crippen molar-refractivity contribution in [2.24, 2.45) is 0 Å². The summed E-state index contributed by atoms with van der Waals surface area (Å²) in [6.45, 7) is 2.03. The molecule has 2 N–H and O–H groups in total. The van der Waals surface area contributed by atoms with Crippen molar-refractivity contribution in [3.05, 3.63) is 0 Å². The van der Waals surface area contributed by atoms with Crippen LogP contribution in [0, 0.1) is 0 Å². The second-order valence-electron chi connectivity index (χ2n) is 6.84. The summed E-state index contributed by atoms with van der Waals surface area (Å²) in [5.41, 5.74) is 0. The van der Waals surface area contributed by atoms with Crippen LogP contribution in [0.5, 0.6) is 0 Å². The van der Waals surface area contributed by atoms with Crippen molar-refractivity contribution in [3.63, 3.8) is 0 Å². The van der Waals surface area contributed by atoms with Gasteiger partial charge in [0.1, 0.15) is 0 Å². The molecule has 0 aliphatic heterocycles. The highest BCUT2D eigenvalue weighted by molar-refractivity contribution is 5.68. The Balaban J connectivity index is 3.72. The van der Waals surface area contributed by atoms with Crippen LogP contribution in [-0.2, 0) is 9.59 Å². The van der Waals surface area contributed by atoms with E-state index in [4.69, 9.17) is 10.2 Å². The minimum atomic E-state index is -0.761. The van der Waals surface area contributed by atoms with Gasteiger partial charge < -0.3 is 19.2 Å². The summed E-state index contributed by atoms with van der Waals surface area (Å²) in [7, 11) is 7.73. The van der Waals surface area contributed by atoms with E-state index in [0.717, 1.165) is 38.8 Å². The van der Waals surface area contributed by atoms with Crippen LogP contribution in [0.25, 0.3) is 0 Å². The van der Waals surface area contributed by atoms with Crippen molar-refractivity contribution >= 4 is 11.9 Å². The molecule has 0 unspecified atom stereocenters. The number of hydrogen-bond acceptors (Lipinski definition) is 2. The van der Waals surface area contributed by atoms with E-state index in [1.807, 2.05) is 28.2 Å². The maximum atomic E-state index is 10.7. The van der Waals surface area contributed by atoms with Crippen LogP contribution in [0.3, 0.4) is 0 Å². The fourth-order valence-electron chi connectivity index (χ4n) is 2.32. The number of likely N-dealkylation sites (N-methyl/N-ethyl adjacent to an activating group) is 2. The zero-order valence-corrected chi connectivity index (χ0v) is 13.3. The van der Waals surface area contributed by atoms with Crippen LogP contribution in [-0.4, -0.2) is 85.5 Å². The quantitative estimate of drug-likeness (QED) is 0.437. The molecule has 0 aromatic heterocycles. The predicted molar refractivity (Wildman–Crippen MR) is 77.4 cm³/mol. The number of carbonyl (C=O) groups is 2. The van der Waals surface area contributed by atoms with E-state index in [2.05, 4.69) is 0 Å². The van der Waals surface area contributed by atoms with Crippen molar-refractivity contribution < 1.29 is 28.8 Å². The monoisotopic (exact) mass is 290 g/mol. The molecule has 0 fully saturated rings. The molecule has 0 aliphatic rings. The largest absolute Gasteiger partial charge is 0.477 e. The van der Waals surface area contributed by atoms with E-state index in [0.29, 0.717) is 8.97 Å². The van der Waals surface area contributed by atoms with Crippen molar-refractivity contribution in [1.29, 1.82) is 0 Å². The second kappa shape index (κ2) is 8.21. The molecule has 0 aliphatic carbocycles. The Morgan fingerprint density at radius 1 is 0.700 bits per heavy atom. The van der Waals surface area contributed by atoms with Crippen molar-refractivity contribution in [1.82, 2.24) is 0 Å². The summed E-state index contributed by atoms with van der Waals surface area (Å²) in [5.74, 6) is -1.52. The summed E-state index contributed by atoms with van der Waals surface area (Å²) in [6.07, 6.45) is 4.14. The number of carboxylic acid groups (broad SMARTS) is 2. The average Bonchev–Trinajstić information content (AvgIpc) is 2.19. The number of hydrogen-bond donors (Lipinski definition) is 2. The molecule has 118 valence electrons. The van der Waals surface area contributed by atoms with Gasteiger partial charge in [0.25, 0.3) is 0 Å². The van der Waals surface area contributed by atoms with E-state index in [9.17, 15) is 9.59 Å². The highest BCUT2D eigenvalue weighted by atomic mass is 16.4. The van der Waals surface area contributed by atoms with Gasteiger partial charge in [-0.15, -0.1) is 0 Å². The lowest BCUT2D eigenvalue weighted by atomic mass is 10.1. The highest BCUT2D eigenvalue weighted by Gasteiger charge is 2.20. The molecule has 20 heavy (non-hydrogen) atoms. The molecule has 0 aromatic carbocycles. The Morgan fingerprint density at radius 3 is 1.25 bits per heavy atom. The normalized spacial score (nSPS) is 12.4. The van der Waals surface area contributed by atoms with Crippen molar-refractivity contribution in [2.75, 3.05) is 54.4 Å². The van der Waals surface area contributed by atoms with Crippen LogP contribution in [0.4, 0.5) is 0 Å². The minimum Gasteiger partial charge on any atom is -0.477 e. The fraction of sp³-hybridized carbons (Fsp3) is 0.857. The van der Waals surface area contributed by atoms with Crippen molar-refractivity contribution in [3.8, 4) is 0 Å². The Morgan fingerprint density at radius 2 is 1.00 bits per heavy atom. The average molecular weight is 290 g/mol. The molecule has 0 saturated heterocycles. The first kappa shape index (κ1) is 18.9. The number of unbranched alkanes of at least 4 members (excludes halogenated alkanes) is 3. The third-order valence-corrected chi connectivity index (χ3v) is 3.40. The van der Waals surface area contributed by atoms with Gasteiger partial charge in [-0.05, 0) is 25.7 Å². The molecule has 0 radical (unpaired) electrons. The maximum Gasteiger partial charge on any atom is 0.359 e. The maximum absolute atomic E-state index is 10.7. The lowest BCUT2D eigenvalue weighted by Crippen LogP contribution is -2.44. The standard InChI is InChI=1S/C14H28N2O4/c1-15(2,11-13(17)18)9-7-5-6-8-10-16(3,4)12-14(19)20/h5-12H2,1-4H3/p+2. The third kappa shape index (κ3) is 10.8. The molecule has 0 amide bonds. The predicted octanol–water partition coefficient (Wildman–Crippen LogP) is 0.869. The Labute approximate surface area is 121 Å². The molecule has 0 atom stereocenters. The topological polar surface area (TPSA) is 74.6 Å². The lowest BCUT2D eigenvalue weighted by Gasteiger charge is -2.28. The molecule has 6 heteroatoms. The molecule has 0 saturated carbocycles. The lowest BCUT2D eigenvalue weighted by molar-refractivity contribution is -0.884. The molecule has 0 bridgehead atoms. The zero-order valence-electron chi connectivity index (χ0n) is 13.3. The van der Waals surface area contributed by atoms with E-state index in [-0.39, 0.29) is 13.1 Å². The van der Waals surface area contributed by atoms with Gasteiger partial charge in [0.05, 0.1) is 41.3 Å². The summed E-state index contributed by atoms with van der Waals surface area (Å²) < 4.78 is 1.02. The van der Waals surface area contributed by atoms with Gasteiger partial charge in [-0.2, -0.15) is 0 Å². The Hall–Kier alpha value is -1.14. The van der Waals surface area contributed by atoms with Crippen LogP contribution in [0.15, 0.2) is 0 Å². The molecule has 0 heterocycles. The number of quaternary nitrogens is 2. The van der Waals surface area contributed by atoms with E-state index >= 15 is 0 Å². The first-order valence-electron chi connectivity index (χ1n) is 7.12. The van der Waals surface area contributed by atoms with E-state index < -0.39 is 11.9 Å². The summed E-state index contributed by atoms with van der Waals surface area (Å²) >= 11 is 0. The Kier molecular flexibility index (Phi) is 7.75. The number of carboxylic acids is 2. The first-order valence-corrected chi connectivity index (χ1v) is 7.12. The van der Waals surface area contributed by atoms with E-state index in [1.165, 1.54) is 0 Å². The highest BCUT2D eigenvalue weighted by Crippen LogP contribution is 2.08. The van der Waals surface area contributed by atoms with Gasteiger partial charge >= 0.3 is 11.9 Å². The van der Waals surface area contributed by atoms with Crippen molar-refractivity contribution in [2.45, 2.75) is 25.7 Å². The molecule has 0 aromatic rings. The SMILES string of the molecule is C[N+](C)(CCCCCC[N+](C)(C)CC(=O)O)CC(=O)O. The number of rotatable bonds is 11. The molecule has 0 spiro atoms. The fourth-order valence-corrected chi connectivity index (χ4v) is 2.32. The van der Waals surface area contributed by atoms with Crippen LogP contribution < -0.4 is 0 Å². The van der Waals surface area contributed by atoms with Gasteiger partial charge in [-0.25, -0.2) is 9.59 Å². The molecular formula is C14H30N2O4+2. The number of aliphatic carboxylic acids is 2. The van der Waals surface area contributed by atoms with Gasteiger partial charge in [-0.3, -0.25) is 0 Å². The van der Waals surface area contributed by atoms with Crippen LogP contribution in [0.2, 0.25) is 0 Å². The van der Waals surface area contributed by atoms with Gasteiger partial charge in [-0.1, -0.05) is 0 Å². The third-order valence-electron chi connectivity index (χ3n) is 3.40. The molecule has 0 rings (SSSR count). The summed E-state index contributed by atoms with van der Waals surface area (Å²) in [5, 5.41) is 17.6. The smallest absolute Gasteiger partial charge is 0.359 e. The van der Waals surface area contributed by atoms with Gasteiger partial charge in [0.15, 0.2) is 13.1 Å². The summed E-state index contributed by atoms with van der Waals surface area (Å²) in [4.78, 5) is 21.4. The molecule has 6 nitrogen and oxygen atoms in total. The first-order chi connectivity index (χ1) is 9.04. The minimum absolute atomic E-state index is 0.155. The van der Waals surface area contributed by atoms with E-state index in [1.54, 1.807) is 0 Å². The molecular weight excluding hydrogens is 260 g/mol. The van der Waals surface area contributed by atoms with Gasteiger partial charge in [0, 0.05) is 0 Å².